The summed E-state index contributed by atoms with van der Waals surface area (Å²) in [6, 6.07) is 16.7. The van der Waals surface area contributed by atoms with E-state index in [0.29, 0.717) is 27.0 Å². The summed E-state index contributed by atoms with van der Waals surface area (Å²) in [6.45, 7) is 0. The molecule has 0 fully saturated rings. The predicted octanol–water partition coefficient (Wildman–Crippen LogP) is 4.75. The van der Waals surface area contributed by atoms with E-state index in [-0.39, 0.29) is 5.43 Å². The van der Waals surface area contributed by atoms with Crippen molar-refractivity contribution < 1.29 is 4.42 Å². The smallest absolute Gasteiger partial charge is 0.200 e. The van der Waals surface area contributed by atoms with Crippen molar-refractivity contribution >= 4 is 44.3 Å². The van der Waals surface area contributed by atoms with Crippen molar-refractivity contribution in [1.29, 1.82) is 0 Å². The van der Waals surface area contributed by atoms with Crippen molar-refractivity contribution in [3.05, 3.63) is 69.8 Å². The van der Waals surface area contributed by atoms with Crippen LogP contribution in [0.2, 0.25) is 5.02 Å². The summed E-state index contributed by atoms with van der Waals surface area (Å²) in [5.41, 5.74) is 1.11. The van der Waals surface area contributed by atoms with Gasteiger partial charge >= 0.3 is 0 Å². The lowest BCUT2D eigenvalue weighted by Crippen LogP contribution is -2.02. The SMILES string of the molecule is O=c1c2ccc(Cl)cc2oc2c1ccc1ccccc12. The van der Waals surface area contributed by atoms with Crippen LogP contribution in [0, 0.1) is 0 Å². The molecule has 0 aliphatic rings. The second-order valence-corrected chi connectivity index (χ2v) is 5.17. The number of benzene rings is 3. The molecular weight excluding hydrogens is 272 g/mol. The normalized spacial score (nSPS) is 11.4. The molecule has 2 nitrogen and oxygen atoms in total. The van der Waals surface area contributed by atoms with Gasteiger partial charge in [-0.2, -0.15) is 0 Å². The summed E-state index contributed by atoms with van der Waals surface area (Å²) in [4.78, 5) is 12.5. The second-order valence-electron chi connectivity index (χ2n) is 4.74. The van der Waals surface area contributed by atoms with E-state index in [1.807, 2.05) is 36.4 Å². The first-order chi connectivity index (χ1) is 9.74. The fourth-order valence-corrected chi connectivity index (χ4v) is 2.72. The lowest BCUT2D eigenvalue weighted by molar-refractivity contribution is 0.664. The minimum atomic E-state index is -0.0244. The Hall–Kier alpha value is -2.32. The van der Waals surface area contributed by atoms with Gasteiger partial charge in [0.05, 0.1) is 10.8 Å². The van der Waals surface area contributed by atoms with Gasteiger partial charge in [-0.15, -0.1) is 0 Å². The van der Waals surface area contributed by atoms with Crippen LogP contribution in [0.1, 0.15) is 0 Å². The molecule has 1 aromatic heterocycles. The van der Waals surface area contributed by atoms with E-state index in [4.69, 9.17) is 16.0 Å². The largest absolute Gasteiger partial charge is 0.455 e. The summed E-state index contributed by atoms with van der Waals surface area (Å²) >= 11 is 5.98. The molecule has 0 unspecified atom stereocenters. The molecule has 96 valence electrons. The Morgan fingerprint density at radius 1 is 0.850 bits per heavy atom. The Morgan fingerprint density at radius 3 is 2.55 bits per heavy atom. The first-order valence-electron chi connectivity index (χ1n) is 6.28. The van der Waals surface area contributed by atoms with Gasteiger partial charge < -0.3 is 4.42 Å². The maximum Gasteiger partial charge on any atom is 0.200 e. The molecule has 0 bridgehead atoms. The number of fused-ring (bicyclic) bond motifs is 4. The van der Waals surface area contributed by atoms with Crippen LogP contribution >= 0.6 is 11.6 Å². The van der Waals surface area contributed by atoms with Gasteiger partial charge in [0, 0.05) is 16.5 Å². The quantitative estimate of drug-likeness (QED) is 0.344. The maximum atomic E-state index is 12.5. The van der Waals surface area contributed by atoms with Crippen LogP contribution in [-0.4, -0.2) is 0 Å². The van der Waals surface area contributed by atoms with E-state index in [2.05, 4.69) is 0 Å². The molecule has 0 radical (unpaired) electrons. The number of halogens is 1. The van der Waals surface area contributed by atoms with E-state index >= 15 is 0 Å². The van der Waals surface area contributed by atoms with E-state index in [0.717, 1.165) is 10.8 Å². The average molecular weight is 281 g/mol. The number of hydrogen-bond donors (Lipinski definition) is 0. The molecule has 0 atom stereocenters. The Kier molecular flexibility index (Phi) is 2.35. The van der Waals surface area contributed by atoms with Gasteiger partial charge in [0.15, 0.2) is 0 Å². The van der Waals surface area contributed by atoms with E-state index < -0.39 is 0 Å². The Morgan fingerprint density at radius 2 is 1.65 bits per heavy atom. The third-order valence-corrected chi connectivity index (χ3v) is 3.76. The highest BCUT2D eigenvalue weighted by molar-refractivity contribution is 6.31. The van der Waals surface area contributed by atoms with Crippen molar-refractivity contribution in [2.24, 2.45) is 0 Å². The average Bonchev–Trinajstić information content (AvgIpc) is 2.47. The van der Waals surface area contributed by atoms with Crippen LogP contribution in [0.5, 0.6) is 0 Å². The zero-order chi connectivity index (χ0) is 13.7. The molecule has 0 N–H and O–H groups in total. The van der Waals surface area contributed by atoms with E-state index in [1.54, 1.807) is 18.2 Å². The first kappa shape index (κ1) is 11.5. The monoisotopic (exact) mass is 280 g/mol. The Balaban J connectivity index is 2.32. The third-order valence-electron chi connectivity index (χ3n) is 3.52. The summed E-state index contributed by atoms with van der Waals surface area (Å²) in [6.07, 6.45) is 0. The molecule has 1 heterocycles. The van der Waals surface area contributed by atoms with Crippen molar-refractivity contribution in [1.82, 2.24) is 0 Å². The highest BCUT2D eigenvalue weighted by Gasteiger charge is 2.10. The van der Waals surface area contributed by atoms with Crippen LogP contribution < -0.4 is 5.43 Å². The van der Waals surface area contributed by atoms with Crippen LogP contribution in [0.15, 0.2) is 63.8 Å². The molecule has 0 amide bonds. The summed E-state index contributed by atoms with van der Waals surface area (Å²) in [5.74, 6) is 0. The topological polar surface area (TPSA) is 30.2 Å². The van der Waals surface area contributed by atoms with Crippen molar-refractivity contribution in [3.8, 4) is 0 Å². The Bertz CT molecular complexity index is 1030. The minimum Gasteiger partial charge on any atom is -0.455 e. The van der Waals surface area contributed by atoms with Crippen LogP contribution in [-0.2, 0) is 0 Å². The lowest BCUT2D eigenvalue weighted by atomic mass is 10.1. The zero-order valence-corrected chi connectivity index (χ0v) is 11.1. The van der Waals surface area contributed by atoms with Crippen LogP contribution in [0.3, 0.4) is 0 Å². The van der Waals surface area contributed by atoms with E-state index in [1.165, 1.54) is 0 Å². The maximum absolute atomic E-state index is 12.5. The highest BCUT2D eigenvalue weighted by atomic mass is 35.5. The molecule has 20 heavy (non-hydrogen) atoms. The minimum absolute atomic E-state index is 0.0244. The molecule has 0 aliphatic heterocycles. The third kappa shape index (κ3) is 1.55. The highest BCUT2D eigenvalue weighted by Crippen LogP contribution is 2.27. The van der Waals surface area contributed by atoms with Crippen LogP contribution in [0.4, 0.5) is 0 Å². The van der Waals surface area contributed by atoms with Gasteiger partial charge in [-0.3, -0.25) is 4.79 Å². The molecule has 4 rings (SSSR count). The molecule has 4 aromatic rings. The fourth-order valence-electron chi connectivity index (χ4n) is 2.56. The van der Waals surface area contributed by atoms with Gasteiger partial charge in [-0.05, 0) is 23.6 Å². The van der Waals surface area contributed by atoms with Gasteiger partial charge in [-0.25, -0.2) is 0 Å². The predicted molar refractivity (Wildman–Crippen MR) is 82.5 cm³/mol. The van der Waals surface area contributed by atoms with Crippen molar-refractivity contribution in [2.45, 2.75) is 0 Å². The lowest BCUT2D eigenvalue weighted by Gasteiger charge is -2.05. The molecule has 3 heteroatoms. The van der Waals surface area contributed by atoms with Crippen molar-refractivity contribution in [3.63, 3.8) is 0 Å². The molecule has 0 saturated heterocycles. The fraction of sp³-hybridized carbons (Fsp3) is 0. The number of rotatable bonds is 0. The van der Waals surface area contributed by atoms with Gasteiger partial charge in [0.25, 0.3) is 0 Å². The zero-order valence-electron chi connectivity index (χ0n) is 10.4. The first-order valence-corrected chi connectivity index (χ1v) is 6.66. The molecule has 0 aliphatic carbocycles. The Labute approximate surface area is 119 Å². The van der Waals surface area contributed by atoms with Crippen LogP contribution in [0.25, 0.3) is 32.7 Å². The summed E-state index contributed by atoms with van der Waals surface area (Å²) < 4.78 is 5.94. The van der Waals surface area contributed by atoms with Gasteiger partial charge in [0.2, 0.25) is 5.43 Å². The number of hydrogen-bond acceptors (Lipinski definition) is 2. The van der Waals surface area contributed by atoms with Crippen molar-refractivity contribution in [2.75, 3.05) is 0 Å². The van der Waals surface area contributed by atoms with Gasteiger partial charge in [-0.1, -0.05) is 41.9 Å². The van der Waals surface area contributed by atoms with Gasteiger partial charge in [0.1, 0.15) is 11.2 Å². The standard InChI is InChI=1S/C17H9ClO2/c18-11-6-8-13-15(9-11)20-17-12-4-2-1-3-10(12)5-7-14(17)16(13)19/h1-9H. The molecule has 0 saturated carbocycles. The summed E-state index contributed by atoms with van der Waals surface area (Å²) in [7, 11) is 0. The molecular formula is C17H9ClO2. The second kappa shape index (κ2) is 4.09. The molecule has 3 aromatic carbocycles. The summed E-state index contributed by atoms with van der Waals surface area (Å²) in [5, 5.41) is 3.68. The molecule has 0 spiro atoms. The van der Waals surface area contributed by atoms with E-state index in [9.17, 15) is 4.79 Å².